The predicted molar refractivity (Wildman–Crippen MR) is 87.8 cm³/mol. The molecule has 0 saturated carbocycles. The number of imidazole rings is 1. The van der Waals surface area contributed by atoms with Gasteiger partial charge in [-0.25, -0.2) is 4.98 Å². The van der Waals surface area contributed by atoms with E-state index >= 15 is 0 Å². The van der Waals surface area contributed by atoms with Crippen molar-refractivity contribution >= 4 is 0 Å². The summed E-state index contributed by atoms with van der Waals surface area (Å²) in [5, 5.41) is 7.83. The molecule has 0 bridgehead atoms. The van der Waals surface area contributed by atoms with Crippen molar-refractivity contribution in [1.29, 1.82) is 0 Å². The molecule has 0 radical (unpaired) electrons. The Morgan fingerprint density at radius 1 is 1.29 bits per heavy atom. The lowest BCUT2D eigenvalue weighted by Gasteiger charge is -2.40. The summed E-state index contributed by atoms with van der Waals surface area (Å²) < 4.78 is 13.1. The molecule has 2 aliphatic heterocycles. The Bertz CT molecular complexity index is 722. The summed E-state index contributed by atoms with van der Waals surface area (Å²) in [6.07, 6.45) is 4.85. The van der Waals surface area contributed by atoms with E-state index in [2.05, 4.69) is 40.8 Å². The van der Waals surface area contributed by atoms with Crippen LogP contribution >= 0.6 is 0 Å². The standard InChI is InChI=1S/C17H25N5O2/c1-16(2,3)15-20-13(21-24-15)10-22-11-18-14-12(22)4-7-19-17(14)5-8-23-9-6-17/h11,19H,4-10H2,1-3H3. The monoisotopic (exact) mass is 331 g/mol. The second-order valence-corrected chi connectivity index (χ2v) is 7.80. The Kier molecular flexibility index (Phi) is 3.73. The molecule has 1 saturated heterocycles. The van der Waals surface area contributed by atoms with E-state index in [9.17, 15) is 0 Å². The van der Waals surface area contributed by atoms with Crippen molar-refractivity contribution in [3.05, 3.63) is 29.4 Å². The summed E-state index contributed by atoms with van der Waals surface area (Å²) in [6, 6.07) is 0. The Balaban J connectivity index is 1.61. The molecule has 0 aromatic carbocycles. The van der Waals surface area contributed by atoms with Gasteiger partial charge in [0, 0.05) is 37.3 Å². The van der Waals surface area contributed by atoms with Gasteiger partial charge in [-0.2, -0.15) is 4.98 Å². The maximum Gasteiger partial charge on any atom is 0.232 e. The summed E-state index contributed by atoms with van der Waals surface area (Å²) in [5.74, 6) is 1.38. The summed E-state index contributed by atoms with van der Waals surface area (Å²) in [7, 11) is 0. The van der Waals surface area contributed by atoms with E-state index < -0.39 is 0 Å². The number of hydrogen-bond acceptors (Lipinski definition) is 6. The molecule has 2 aromatic heterocycles. The zero-order valence-electron chi connectivity index (χ0n) is 14.6. The molecule has 7 heteroatoms. The largest absolute Gasteiger partial charge is 0.381 e. The fourth-order valence-corrected chi connectivity index (χ4v) is 3.62. The lowest BCUT2D eigenvalue weighted by Crippen LogP contribution is -2.51. The molecule has 0 atom stereocenters. The molecule has 130 valence electrons. The van der Waals surface area contributed by atoms with E-state index in [-0.39, 0.29) is 11.0 Å². The van der Waals surface area contributed by atoms with Gasteiger partial charge in [-0.15, -0.1) is 0 Å². The van der Waals surface area contributed by atoms with Crippen LogP contribution in [0.25, 0.3) is 0 Å². The van der Waals surface area contributed by atoms with Crippen LogP contribution in [0, 0.1) is 0 Å². The average molecular weight is 331 g/mol. The second-order valence-electron chi connectivity index (χ2n) is 7.80. The maximum absolute atomic E-state index is 5.54. The van der Waals surface area contributed by atoms with Crippen LogP contribution in [0.15, 0.2) is 10.9 Å². The SMILES string of the molecule is CC(C)(C)c1nc(Cn2cnc3c2CCNC32CCOCC2)no1. The van der Waals surface area contributed by atoms with Crippen molar-refractivity contribution in [1.82, 2.24) is 25.0 Å². The quantitative estimate of drug-likeness (QED) is 0.903. The topological polar surface area (TPSA) is 78.0 Å². The van der Waals surface area contributed by atoms with E-state index in [1.54, 1.807) is 0 Å². The van der Waals surface area contributed by atoms with Gasteiger partial charge in [0.1, 0.15) is 0 Å². The zero-order valence-corrected chi connectivity index (χ0v) is 14.6. The summed E-state index contributed by atoms with van der Waals surface area (Å²) in [5.41, 5.74) is 2.31. The fraction of sp³-hybridized carbons (Fsp3) is 0.706. The van der Waals surface area contributed by atoms with Gasteiger partial charge in [0.2, 0.25) is 5.89 Å². The van der Waals surface area contributed by atoms with Crippen molar-refractivity contribution in [3.63, 3.8) is 0 Å². The first kappa shape index (κ1) is 15.8. The van der Waals surface area contributed by atoms with Crippen LogP contribution < -0.4 is 5.32 Å². The number of rotatable bonds is 2. The second kappa shape index (κ2) is 5.67. The third kappa shape index (κ3) is 2.65. The zero-order chi connectivity index (χ0) is 16.8. The van der Waals surface area contributed by atoms with E-state index in [0.29, 0.717) is 18.3 Å². The van der Waals surface area contributed by atoms with Gasteiger partial charge in [-0.05, 0) is 12.8 Å². The molecular weight excluding hydrogens is 306 g/mol. The van der Waals surface area contributed by atoms with Crippen LogP contribution in [0.2, 0.25) is 0 Å². The number of nitrogens with one attached hydrogen (secondary N) is 1. The molecule has 0 aliphatic carbocycles. The highest BCUT2D eigenvalue weighted by Crippen LogP contribution is 2.36. The van der Waals surface area contributed by atoms with Crippen LogP contribution in [0.3, 0.4) is 0 Å². The Hall–Kier alpha value is -1.73. The van der Waals surface area contributed by atoms with Gasteiger partial charge in [0.25, 0.3) is 0 Å². The first-order valence-corrected chi connectivity index (χ1v) is 8.68. The first-order chi connectivity index (χ1) is 11.5. The highest BCUT2D eigenvalue weighted by Gasteiger charge is 2.40. The normalized spacial score (nSPS) is 20.3. The minimum Gasteiger partial charge on any atom is -0.381 e. The van der Waals surface area contributed by atoms with Crippen molar-refractivity contribution in [2.75, 3.05) is 19.8 Å². The first-order valence-electron chi connectivity index (χ1n) is 8.68. The van der Waals surface area contributed by atoms with Gasteiger partial charge >= 0.3 is 0 Å². The summed E-state index contributed by atoms with van der Waals surface area (Å²) in [4.78, 5) is 9.29. The number of fused-ring (bicyclic) bond motifs is 2. The van der Waals surface area contributed by atoms with Crippen LogP contribution in [-0.2, 0) is 28.7 Å². The highest BCUT2D eigenvalue weighted by atomic mass is 16.5. The van der Waals surface area contributed by atoms with Crippen molar-refractivity contribution in [2.24, 2.45) is 0 Å². The van der Waals surface area contributed by atoms with Crippen molar-refractivity contribution in [3.8, 4) is 0 Å². The van der Waals surface area contributed by atoms with Crippen LogP contribution in [0.5, 0.6) is 0 Å². The minimum absolute atomic E-state index is 0.0229. The maximum atomic E-state index is 5.54. The minimum atomic E-state index is -0.129. The molecule has 2 aromatic rings. The van der Waals surface area contributed by atoms with E-state index in [0.717, 1.165) is 39.0 Å². The summed E-state index contributed by atoms with van der Waals surface area (Å²) >= 11 is 0. The van der Waals surface area contributed by atoms with Crippen molar-refractivity contribution < 1.29 is 9.26 Å². The molecule has 0 unspecified atom stereocenters. The predicted octanol–water partition coefficient (Wildman–Crippen LogP) is 1.76. The fourth-order valence-electron chi connectivity index (χ4n) is 3.62. The molecule has 0 amide bonds. The van der Waals surface area contributed by atoms with Crippen molar-refractivity contribution in [2.45, 2.75) is 57.5 Å². The van der Waals surface area contributed by atoms with Gasteiger partial charge in [0.15, 0.2) is 5.82 Å². The Labute approximate surface area is 141 Å². The third-order valence-corrected chi connectivity index (χ3v) is 4.99. The van der Waals surface area contributed by atoms with Crippen LogP contribution in [-0.4, -0.2) is 39.5 Å². The van der Waals surface area contributed by atoms with E-state index in [4.69, 9.17) is 14.2 Å². The van der Waals surface area contributed by atoms with Gasteiger partial charge in [-0.1, -0.05) is 25.9 Å². The Morgan fingerprint density at radius 2 is 2.08 bits per heavy atom. The number of hydrogen-bond donors (Lipinski definition) is 1. The molecule has 2 aliphatic rings. The van der Waals surface area contributed by atoms with Crippen LogP contribution in [0.1, 0.15) is 56.7 Å². The van der Waals surface area contributed by atoms with Gasteiger partial charge in [-0.3, -0.25) is 0 Å². The molecule has 1 N–H and O–H groups in total. The highest BCUT2D eigenvalue weighted by molar-refractivity contribution is 5.27. The van der Waals surface area contributed by atoms with E-state index in [1.165, 1.54) is 11.4 Å². The Morgan fingerprint density at radius 3 is 2.79 bits per heavy atom. The lowest BCUT2D eigenvalue weighted by atomic mass is 9.82. The molecule has 1 spiro atoms. The lowest BCUT2D eigenvalue weighted by molar-refractivity contribution is 0.0322. The van der Waals surface area contributed by atoms with Crippen LogP contribution in [0.4, 0.5) is 0 Å². The summed E-state index contributed by atoms with van der Waals surface area (Å²) in [6.45, 7) is 9.38. The molecule has 4 heterocycles. The number of ether oxygens (including phenoxy) is 1. The van der Waals surface area contributed by atoms with Gasteiger partial charge in [0.05, 0.1) is 24.1 Å². The third-order valence-electron chi connectivity index (χ3n) is 4.99. The molecule has 4 rings (SSSR count). The molecular formula is C17H25N5O2. The molecule has 1 fully saturated rings. The number of aromatic nitrogens is 4. The molecule has 7 nitrogen and oxygen atoms in total. The molecule has 24 heavy (non-hydrogen) atoms. The number of nitrogens with zero attached hydrogens (tertiary/aromatic N) is 4. The smallest absolute Gasteiger partial charge is 0.232 e. The van der Waals surface area contributed by atoms with Gasteiger partial charge < -0.3 is 19.1 Å². The van der Waals surface area contributed by atoms with E-state index in [1.807, 2.05) is 6.33 Å². The average Bonchev–Trinajstić information content (AvgIpc) is 3.17.